The molecule has 142 valence electrons. The highest BCUT2D eigenvalue weighted by Gasteiger charge is 2.18. The maximum atomic E-state index is 4.76. The van der Waals surface area contributed by atoms with Gasteiger partial charge in [0.1, 0.15) is 23.0 Å². The number of H-pyrrole nitrogens is 2. The van der Waals surface area contributed by atoms with Crippen molar-refractivity contribution in [3.63, 3.8) is 0 Å². The normalized spacial score (nSPS) is 11.3. The fourth-order valence-electron chi connectivity index (χ4n) is 3.73. The Morgan fingerprint density at radius 3 is 1.43 bits per heavy atom. The van der Waals surface area contributed by atoms with Gasteiger partial charge in [0, 0.05) is 23.5 Å². The molecule has 0 aliphatic carbocycles. The smallest absolute Gasteiger partial charge is 0.140 e. The second kappa shape index (κ2) is 6.63. The summed E-state index contributed by atoms with van der Waals surface area (Å²) in [5.41, 5.74) is 7.11. The maximum Gasteiger partial charge on any atom is 0.140 e. The van der Waals surface area contributed by atoms with Crippen molar-refractivity contribution in [3.05, 3.63) is 85.2 Å². The molecule has 4 heterocycles. The number of benzene rings is 2. The number of nitrogens with zero attached hydrogens (tertiary/aromatic N) is 4. The second-order valence-corrected chi connectivity index (χ2v) is 7.00. The van der Waals surface area contributed by atoms with Gasteiger partial charge in [-0.05, 0) is 48.5 Å². The first-order chi connectivity index (χ1) is 14.9. The fraction of sp³-hybridized carbons (Fsp3) is 0. The summed E-state index contributed by atoms with van der Waals surface area (Å²) < 4.78 is 0. The van der Waals surface area contributed by atoms with Crippen molar-refractivity contribution in [2.75, 3.05) is 0 Å². The highest BCUT2D eigenvalue weighted by atomic mass is 14.9. The largest absolute Gasteiger partial charge is 0.338 e. The lowest BCUT2D eigenvalue weighted by Gasteiger charge is -2.09. The van der Waals surface area contributed by atoms with E-state index in [1.165, 1.54) is 0 Å². The van der Waals surface area contributed by atoms with Crippen LogP contribution in [0.3, 0.4) is 0 Å². The van der Waals surface area contributed by atoms with E-state index in [0.29, 0.717) is 0 Å². The number of fused-ring (bicyclic) bond motifs is 2. The number of imidazole rings is 2. The van der Waals surface area contributed by atoms with E-state index in [2.05, 4.69) is 19.9 Å². The molecule has 4 aromatic heterocycles. The van der Waals surface area contributed by atoms with Crippen LogP contribution in [0, 0.1) is 0 Å². The van der Waals surface area contributed by atoms with Gasteiger partial charge in [-0.3, -0.25) is 9.97 Å². The summed E-state index contributed by atoms with van der Waals surface area (Å²) in [5.74, 6) is 1.53. The average molecular weight is 388 g/mol. The quantitative estimate of drug-likeness (QED) is 0.435. The lowest BCUT2D eigenvalue weighted by Crippen LogP contribution is -1.96. The predicted octanol–water partition coefficient (Wildman–Crippen LogP) is 5.23. The van der Waals surface area contributed by atoms with Crippen LogP contribution in [0.15, 0.2) is 85.2 Å². The minimum atomic E-state index is 0.757. The molecule has 0 unspecified atom stereocenters. The van der Waals surface area contributed by atoms with E-state index in [-0.39, 0.29) is 0 Å². The van der Waals surface area contributed by atoms with Crippen LogP contribution in [-0.2, 0) is 0 Å². The Bertz CT molecular complexity index is 1330. The molecule has 0 atom stereocenters. The Balaban J connectivity index is 1.56. The Kier molecular flexibility index (Phi) is 3.67. The van der Waals surface area contributed by atoms with Crippen molar-refractivity contribution in [2.45, 2.75) is 0 Å². The van der Waals surface area contributed by atoms with E-state index in [1.54, 1.807) is 12.4 Å². The summed E-state index contributed by atoms with van der Waals surface area (Å²) in [6.07, 6.45) is 3.55. The SMILES string of the molecule is c1cnc(-c2ncccc2-c2nc3ccccc3[nH]2)c(-c2nc3ccccc3[nH]2)c1. The van der Waals surface area contributed by atoms with Crippen LogP contribution in [0.1, 0.15) is 0 Å². The van der Waals surface area contributed by atoms with Crippen molar-refractivity contribution in [3.8, 4) is 34.2 Å². The van der Waals surface area contributed by atoms with E-state index in [9.17, 15) is 0 Å². The third-order valence-corrected chi connectivity index (χ3v) is 5.13. The van der Waals surface area contributed by atoms with Gasteiger partial charge >= 0.3 is 0 Å². The number of para-hydroxylation sites is 4. The molecular formula is C24H16N6. The summed E-state index contributed by atoms with van der Waals surface area (Å²) in [5, 5.41) is 0. The average Bonchev–Trinajstić information content (AvgIpc) is 3.43. The minimum Gasteiger partial charge on any atom is -0.338 e. The molecule has 0 aliphatic rings. The Morgan fingerprint density at radius 1 is 0.500 bits per heavy atom. The molecule has 0 fully saturated rings. The van der Waals surface area contributed by atoms with Crippen molar-refractivity contribution < 1.29 is 0 Å². The summed E-state index contributed by atoms with van der Waals surface area (Å²) in [6.45, 7) is 0. The second-order valence-electron chi connectivity index (χ2n) is 7.00. The van der Waals surface area contributed by atoms with Gasteiger partial charge < -0.3 is 9.97 Å². The Labute approximate surface area is 171 Å². The summed E-state index contributed by atoms with van der Waals surface area (Å²) in [7, 11) is 0. The number of nitrogens with one attached hydrogen (secondary N) is 2. The highest BCUT2D eigenvalue weighted by molar-refractivity contribution is 5.89. The summed E-state index contributed by atoms with van der Waals surface area (Å²) in [6, 6.07) is 23.8. The van der Waals surface area contributed by atoms with Gasteiger partial charge in [0.2, 0.25) is 0 Å². The van der Waals surface area contributed by atoms with Crippen LogP contribution in [-0.4, -0.2) is 29.9 Å². The van der Waals surface area contributed by atoms with Crippen LogP contribution in [0.25, 0.3) is 56.2 Å². The molecule has 6 rings (SSSR count). The van der Waals surface area contributed by atoms with E-state index in [4.69, 9.17) is 9.97 Å². The van der Waals surface area contributed by atoms with Crippen molar-refractivity contribution in [1.29, 1.82) is 0 Å². The topological polar surface area (TPSA) is 83.1 Å². The van der Waals surface area contributed by atoms with Crippen molar-refractivity contribution >= 4 is 22.1 Å². The molecule has 2 N–H and O–H groups in total. The van der Waals surface area contributed by atoms with Gasteiger partial charge in [0.05, 0.1) is 22.1 Å². The molecule has 0 spiro atoms. The summed E-state index contributed by atoms with van der Waals surface area (Å²) in [4.78, 5) is 25.7. The molecule has 0 aliphatic heterocycles. The zero-order valence-corrected chi connectivity index (χ0v) is 15.9. The third kappa shape index (κ3) is 2.66. The number of hydrogen-bond acceptors (Lipinski definition) is 4. The molecule has 6 heteroatoms. The number of rotatable bonds is 3. The predicted molar refractivity (Wildman–Crippen MR) is 118 cm³/mol. The Morgan fingerprint density at radius 2 is 0.967 bits per heavy atom. The van der Waals surface area contributed by atoms with Crippen molar-refractivity contribution in [1.82, 2.24) is 29.9 Å². The van der Waals surface area contributed by atoms with Gasteiger partial charge in [0.25, 0.3) is 0 Å². The standard InChI is InChI=1S/C24H16N6/c1-2-10-18-17(9-1)27-23(28-18)15-7-5-13-25-21(15)22-16(8-6-14-26-22)24-29-19-11-3-4-12-20(19)30-24/h1-14H,(H,27,28)(H,29,30). The van der Waals surface area contributed by atoms with Gasteiger partial charge in [-0.25, -0.2) is 9.97 Å². The van der Waals surface area contributed by atoms with Crippen molar-refractivity contribution in [2.24, 2.45) is 0 Å². The first-order valence-electron chi connectivity index (χ1n) is 9.67. The summed E-state index contributed by atoms with van der Waals surface area (Å²) >= 11 is 0. The van der Waals surface area contributed by atoms with E-state index in [1.807, 2.05) is 72.8 Å². The molecule has 0 bridgehead atoms. The molecule has 6 nitrogen and oxygen atoms in total. The van der Waals surface area contributed by atoms with E-state index < -0.39 is 0 Å². The van der Waals surface area contributed by atoms with Crippen LogP contribution in [0.4, 0.5) is 0 Å². The number of aromatic amines is 2. The highest BCUT2D eigenvalue weighted by Crippen LogP contribution is 2.34. The first-order valence-corrected chi connectivity index (χ1v) is 9.67. The first kappa shape index (κ1) is 16.6. The van der Waals surface area contributed by atoms with Gasteiger partial charge in [-0.1, -0.05) is 24.3 Å². The molecule has 0 amide bonds. The van der Waals surface area contributed by atoms with Gasteiger partial charge in [-0.2, -0.15) is 0 Å². The van der Waals surface area contributed by atoms with Crippen LogP contribution in [0.5, 0.6) is 0 Å². The number of hydrogen-bond donors (Lipinski definition) is 2. The third-order valence-electron chi connectivity index (χ3n) is 5.13. The zero-order chi connectivity index (χ0) is 19.9. The minimum absolute atomic E-state index is 0.757. The lowest BCUT2D eigenvalue weighted by atomic mass is 10.0. The lowest BCUT2D eigenvalue weighted by molar-refractivity contribution is 1.21. The molecule has 0 radical (unpaired) electrons. The number of pyridine rings is 2. The molecular weight excluding hydrogens is 372 g/mol. The zero-order valence-electron chi connectivity index (χ0n) is 15.9. The van der Waals surface area contributed by atoms with Gasteiger partial charge in [0.15, 0.2) is 0 Å². The molecule has 0 saturated carbocycles. The monoisotopic (exact) mass is 388 g/mol. The van der Waals surface area contributed by atoms with E-state index >= 15 is 0 Å². The van der Waals surface area contributed by atoms with Gasteiger partial charge in [-0.15, -0.1) is 0 Å². The van der Waals surface area contributed by atoms with Crippen LogP contribution in [0.2, 0.25) is 0 Å². The molecule has 30 heavy (non-hydrogen) atoms. The molecule has 0 saturated heterocycles. The fourth-order valence-corrected chi connectivity index (χ4v) is 3.73. The number of aromatic nitrogens is 6. The molecule has 2 aromatic carbocycles. The Hall–Kier alpha value is -4.32. The van der Waals surface area contributed by atoms with E-state index in [0.717, 1.165) is 56.2 Å². The van der Waals surface area contributed by atoms with Crippen LogP contribution < -0.4 is 0 Å². The molecule has 6 aromatic rings. The maximum absolute atomic E-state index is 4.76. The van der Waals surface area contributed by atoms with Crippen LogP contribution >= 0.6 is 0 Å².